The quantitative estimate of drug-likeness (QED) is 0.206. The Labute approximate surface area is 70.3 Å². The molecule has 3 N–H and O–H groups in total. The van der Waals surface area contributed by atoms with E-state index in [-0.39, 0.29) is 35.0 Å². The normalized spacial score (nSPS) is 1.86. The van der Waals surface area contributed by atoms with E-state index in [2.05, 4.69) is 12.6 Å². The van der Waals surface area contributed by atoms with E-state index < -0.39 is 0 Å². The van der Waals surface area contributed by atoms with Gasteiger partial charge in [0.25, 0.3) is 0 Å². The molecule has 0 heterocycles. The van der Waals surface area contributed by atoms with Crippen molar-refractivity contribution in [2.24, 2.45) is 0 Å². The summed E-state index contributed by atoms with van der Waals surface area (Å²) in [5.41, 5.74) is 0. The van der Waals surface area contributed by atoms with Gasteiger partial charge in [0.1, 0.15) is 0 Å². The second kappa shape index (κ2) is 79.1. The minimum absolute atomic E-state index is 0. The van der Waals surface area contributed by atoms with Gasteiger partial charge in [-0.3, -0.25) is 0 Å². The first-order chi connectivity index (χ1) is 2.41. The largest absolute Gasteiger partial charge is 1.00 e. The molecule has 0 radical (unpaired) electrons. The predicted molar refractivity (Wildman–Crippen MR) is 24.7 cm³/mol. The molecule has 5 heteroatoms. The van der Waals surface area contributed by atoms with E-state index in [4.69, 9.17) is 10.4 Å². The fourth-order valence-corrected chi connectivity index (χ4v) is 0. The Morgan fingerprint density at radius 1 is 1.57 bits per heavy atom. The van der Waals surface area contributed by atoms with Crippen molar-refractivity contribution in [1.82, 2.24) is 0 Å². The van der Waals surface area contributed by atoms with Crippen molar-refractivity contribution in [1.29, 1.82) is 5.26 Å². The van der Waals surface area contributed by atoms with Gasteiger partial charge >= 0.3 is 29.6 Å². The van der Waals surface area contributed by atoms with Gasteiger partial charge in [-0.1, -0.05) is 5.40 Å². The van der Waals surface area contributed by atoms with Crippen LogP contribution < -0.4 is 29.6 Å². The van der Waals surface area contributed by atoms with Crippen molar-refractivity contribution in [3.8, 4) is 5.40 Å². The summed E-state index contributed by atoms with van der Waals surface area (Å²) in [6, 6.07) is 0. The molecule has 0 bridgehead atoms. The van der Waals surface area contributed by atoms with Crippen molar-refractivity contribution in [3.63, 3.8) is 0 Å². The van der Waals surface area contributed by atoms with Gasteiger partial charge in [0.2, 0.25) is 0 Å². The van der Waals surface area contributed by atoms with E-state index >= 15 is 0 Å². The smallest absolute Gasteiger partial charge is 0.696 e. The van der Waals surface area contributed by atoms with E-state index in [1.165, 1.54) is 5.40 Å². The molecule has 0 aromatic heterocycles. The maximum atomic E-state index is 7.13. The Kier molecular flexibility index (Phi) is 288. The number of aliphatic hydroxyl groups excluding tert-OH is 1. The second-order valence-electron chi connectivity index (χ2n) is 0.0913. The van der Waals surface area contributed by atoms with E-state index in [1.807, 2.05) is 0 Å². The fourth-order valence-electron chi connectivity index (χ4n) is 0. The first-order valence-electron chi connectivity index (χ1n) is 0.875. The monoisotopic (exact) mass is 131 g/mol. The summed E-state index contributed by atoms with van der Waals surface area (Å²) in [6.45, 7) is 0. The van der Waals surface area contributed by atoms with E-state index in [1.54, 1.807) is 0 Å². The number of hydrogen-bond donors (Lipinski definition) is 1. The number of thiocyanates is 1. The number of rotatable bonds is 0. The van der Waals surface area contributed by atoms with E-state index in [9.17, 15) is 0 Å². The third-order valence-corrected chi connectivity index (χ3v) is 0. The third-order valence-electron chi connectivity index (χ3n) is 0. The van der Waals surface area contributed by atoms with Crippen molar-refractivity contribution >= 4 is 12.6 Å². The Bertz CT molecular complexity index is 37.2. The SMILES string of the molecule is CO.N#C[S-].O.[Na+]. The van der Waals surface area contributed by atoms with Gasteiger partial charge < -0.3 is 23.2 Å². The zero-order valence-corrected chi connectivity index (χ0v) is 7.12. The van der Waals surface area contributed by atoms with Gasteiger partial charge in [-0.05, 0) is 0 Å². The minimum Gasteiger partial charge on any atom is -0.696 e. The molecule has 0 aliphatic rings. The summed E-state index contributed by atoms with van der Waals surface area (Å²) in [5.74, 6) is 0. The van der Waals surface area contributed by atoms with Crippen LogP contribution in [0, 0.1) is 10.7 Å². The standard InChI is InChI=1S/CHNS.CH4O.Na.H2O/c2-1-3;1-2;;/h3H;2H,1H3;;1H2/q;;+1;/p-1. The number of hydrogen-bond acceptors (Lipinski definition) is 3. The van der Waals surface area contributed by atoms with Crippen LogP contribution in [0.1, 0.15) is 0 Å². The molecule has 0 fully saturated rings. The van der Waals surface area contributed by atoms with Crippen molar-refractivity contribution in [2.45, 2.75) is 0 Å². The summed E-state index contributed by atoms with van der Waals surface area (Å²) in [7, 11) is 1.00. The number of nitrogens with zero attached hydrogens (tertiary/aromatic N) is 1. The van der Waals surface area contributed by atoms with Gasteiger partial charge in [0.15, 0.2) is 0 Å². The van der Waals surface area contributed by atoms with Gasteiger partial charge in [-0.15, -0.1) is 0 Å². The van der Waals surface area contributed by atoms with Crippen LogP contribution in [0.2, 0.25) is 0 Å². The molecule has 7 heavy (non-hydrogen) atoms. The van der Waals surface area contributed by atoms with Gasteiger partial charge in [-0.25, -0.2) is 5.26 Å². The second-order valence-corrected chi connectivity index (χ2v) is 0.274. The number of aliphatic hydroxyl groups is 1. The zero-order valence-electron chi connectivity index (χ0n) is 4.30. The molecular formula is C2H6NNaO2S. The summed E-state index contributed by atoms with van der Waals surface area (Å²) in [6.07, 6.45) is 0. The first-order valence-corrected chi connectivity index (χ1v) is 1.28. The topological polar surface area (TPSA) is 75.5 Å². The molecule has 0 aliphatic heterocycles. The van der Waals surface area contributed by atoms with Crippen LogP contribution in [0.3, 0.4) is 0 Å². The molecule has 0 aliphatic carbocycles. The van der Waals surface area contributed by atoms with Crippen molar-refractivity contribution in [2.75, 3.05) is 7.11 Å². The Morgan fingerprint density at radius 3 is 1.57 bits per heavy atom. The fraction of sp³-hybridized carbons (Fsp3) is 0.500. The molecule has 3 nitrogen and oxygen atoms in total. The summed E-state index contributed by atoms with van der Waals surface area (Å²) in [5, 5.41) is 15.5. The molecule has 0 saturated heterocycles. The Morgan fingerprint density at radius 2 is 1.57 bits per heavy atom. The Balaban J connectivity index is -0.0000000105. The molecule has 0 rings (SSSR count). The zero-order chi connectivity index (χ0) is 4.71. The molecule has 0 atom stereocenters. The minimum atomic E-state index is 0. The molecule has 0 spiro atoms. The van der Waals surface area contributed by atoms with Crippen molar-refractivity contribution in [3.05, 3.63) is 0 Å². The van der Waals surface area contributed by atoms with Crippen LogP contribution in [0.5, 0.6) is 0 Å². The van der Waals surface area contributed by atoms with Crippen LogP contribution in [0.25, 0.3) is 0 Å². The number of nitriles is 1. The predicted octanol–water partition coefficient (Wildman–Crippen LogP) is -4.20. The van der Waals surface area contributed by atoms with Gasteiger partial charge in [-0.2, -0.15) is 0 Å². The first kappa shape index (κ1) is 25.5. The van der Waals surface area contributed by atoms with Gasteiger partial charge in [0, 0.05) is 7.11 Å². The molecule has 0 amide bonds. The van der Waals surface area contributed by atoms with E-state index in [0.717, 1.165) is 7.11 Å². The maximum Gasteiger partial charge on any atom is 1.00 e. The molecule has 0 unspecified atom stereocenters. The van der Waals surface area contributed by atoms with Crippen molar-refractivity contribution < 1.29 is 40.1 Å². The van der Waals surface area contributed by atoms with Crippen LogP contribution in [0.15, 0.2) is 0 Å². The van der Waals surface area contributed by atoms with Crippen LogP contribution >= 0.6 is 0 Å². The van der Waals surface area contributed by atoms with Crippen LogP contribution in [0.4, 0.5) is 0 Å². The van der Waals surface area contributed by atoms with Crippen LogP contribution in [-0.4, -0.2) is 17.7 Å². The van der Waals surface area contributed by atoms with E-state index in [0.29, 0.717) is 0 Å². The summed E-state index contributed by atoms with van der Waals surface area (Å²) in [4.78, 5) is 0. The average molecular weight is 131 g/mol. The summed E-state index contributed by atoms with van der Waals surface area (Å²) >= 11 is 3.70. The third kappa shape index (κ3) is 358. The maximum absolute atomic E-state index is 7.13. The summed E-state index contributed by atoms with van der Waals surface area (Å²) < 4.78 is 0. The molecule has 0 saturated carbocycles. The molecule has 0 aromatic rings. The average Bonchev–Trinajstić information content (AvgIpc) is 1.46. The van der Waals surface area contributed by atoms with Gasteiger partial charge in [0.05, 0.1) is 0 Å². The molecular weight excluding hydrogens is 125 g/mol. The van der Waals surface area contributed by atoms with Crippen LogP contribution in [-0.2, 0) is 12.6 Å². The molecule has 38 valence electrons. The Hall–Kier alpha value is 0.630. The molecule has 0 aromatic carbocycles.